The predicted molar refractivity (Wildman–Crippen MR) is 116 cm³/mol. The summed E-state index contributed by atoms with van der Waals surface area (Å²) >= 11 is 11.4. The maximum Gasteiger partial charge on any atom is 0.235 e. The second-order valence-corrected chi connectivity index (χ2v) is 9.47. The van der Waals surface area contributed by atoms with Gasteiger partial charge in [-0.05, 0) is 35.4 Å². The third-order valence-corrected chi connectivity index (χ3v) is 6.95. The van der Waals surface area contributed by atoms with Crippen molar-refractivity contribution in [2.24, 2.45) is 0 Å². The Bertz CT molecular complexity index is 919. The molecule has 3 aromatic rings. The summed E-state index contributed by atoms with van der Waals surface area (Å²) in [5.74, 6) is 0. The highest BCUT2D eigenvalue weighted by Gasteiger charge is 2.39. The Balaban J connectivity index is 1.54. The first kappa shape index (κ1) is 20.9. The van der Waals surface area contributed by atoms with Crippen molar-refractivity contribution in [1.29, 1.82) is 0 Å². The lowest BCUT2D eigenvalue weighted by molar-refractivity contribution is 0.0497. The highest BCUT2D eigenvalue weighted by molar-refractivity contribution is 7.76. The Morgan fingerprint density at radius 3 is 2.10 bits per heavy atom. The van der Waals surface area contributed by atoms with Crippen molar-refractivity contribution in [3.8, 4) is 0 Å². The van der Waals surface area contributed by atoms with Crippen LogP contribution in [0.15, 0.2) is 54.0 Å². The van der Waals surface area contributed by atoms with Gasteiger partial charge in [0, 0.05) is 23.1 Å². The van der Waals surface area contributed by atoms with Crippen molar-refractivity contribution in [1.82, 2.24) is 19.4 Å². The molecule has 2 heterocycles. The van der Waals surface area contributed by atoms with E-state index in [0.29, 0.717) is 29.7 Å². The van der Waals surface area contributed by atoms with Gasteiger partial charge < -0.3 is 0 Å². The van der Waals surface area contributed by atoms with Crippen LogP contribution in [0.3, 0.4) is 0 Å². The van der Waals surface area contributed by atoms with E-state index in [1.807, 2.05) is 48.5 Å². The molecule has 1 N–H and O–H groups in total. The fourth-order valence-electron chi connectivity index (χ4n) is 3.50. The molecule has 29 heavy (non-hydrogen) atoms. The molecule has 152 valence electrons. The molecule has 6 nitrogen and oxygen atoms in total. The average Bonchev–Trinajstić information content (AvgIpc) is 3.18. The fraction of sp³-hybridized carbons (Fsp3) is 0.263. The standard InChI is InChI=1S/C19H18Cl2N4O2S2/c20-15-5-1-13(2-6-15)19(14-3-7-16(21)8-4-14)24-9-17(10-24)25(29(26)27)11-18-23-22-12-28-18/h1-8,12,17,19H,9-11H2,(H,26,27). The lowest BCUT2D eigenvalue weighted by Gasteiger charge is -2.47. The monoisotopic (exact) mass is 468 g/mol. The predicted octanol–water partition coefficient (Wildman–Crippen LogP) is 4.26. The molecule has 1 aliphatic heterocycles. The zero-order valence-corrected chi connectivity index (χ0v) is 18.3. The SMILES string of the molecule is O=S(O)N(Cc1nncs1)C1CN(C(c2ccc(Cl)cc2)c2ccc(Cl)cc2)C1. The van der Waals surface area contributed by atoms with Crippen LogP contribution in [0.25, 0.3) is 0 Å². The lowest BCUT2D eigenvalue weighted by Crippen LogP contribution is -2.60. The normalized spacial score (nSPS) is 16.3. The van der Waals surface area contributed by atoms with E-state index in [9.17, 15) is 8.76 Å². The van der Waals surface area contributed by atoms with Gasteiger partial charge in [0.25, 0.3) is 0 Å². The van der Waals surface area contributed by atoms with Crippen LogP contribution in [-0.4, -0.2) is 47.3 Å². The first-order valence-electron chi connectivity index (χ1n) is 8.89. The van der Waals surface area contributed by atoms with Crippen LogP contribution in [0, 0.1) is 0 Å². The summed E-state index contributed by atoms with van der Waals surface area (Å²) in [6, 6.07) is 15.5. The van der Waals surface area contributed by atoms with Crippen molar-refractivity contribution in [2.75, 3.05) is 13.1 Å². The maximum atomic E-state index is 11.9. The Morgan fingerprint density at radius 1 is 1.10 bits per heavy atom. The summed E-state index contributed by atoms with van der Waals surface area (Å²) in [6.45, 7) is 1.61. The van der Waals surface area contributed by atoms with Crippen molar-refractivity contribution >= 4 is 45.8 Å². The van der Waals surface area contributed by atoms with E-state index in [4.69, 9.17) is 23.2 Å². The molecule has 1 fully saturated rings. The first-order valence-corrected chi connectivity index (χ1v) is 11.6. The number of hydrogen-bond donors (Lipinski definition) is 1. The molecule has 0 spiro atoms. The van der Waals surface area contributed by atoms with E-state index in [1.165, 1.54) is 11.3 Å². The smallest absolute Gasteiger partial charge is 0.235 e. The van der Waals surface area contributed by atoms with Gasteiger partial charge in [-0.3, -0.25) is 9.45 Å². The van der Waals surface area contributed by atoms with Crippen LogP contribution in [-0.2, 0) is 17.8 Å². The number of benzene rings is 2. The second-order valence-electron chi connectivity index (χ2n) is 6.75. The Hall–Kier alpha value is -1.39. The minimum absolute atomic E-state index is 0.0105. The van der Waals surface area contributed by atoms with Crippen LogP contribution in [0.4, 0.5) is 0 Å². The molecule has 0 bridgehead atoms. The minimum atomic E-state index is -2.08. The molecule has 4 rings (SSSR count). The third-order valence-electron chi connectivity index (χ3n) is 4.93. The van der Waals surface area contributed by atoms with Crippen LogP contribution in [0.2, 0.25) is 10.0 Å². The van der Waals surface area contributed by atoms with Crippen molar-refractivity contribution in [2.45, 2.75) is 18.6 Å². The summed E-state index contributed by atoms with van der Waals surface area (Å²) in [4.78, 5) is 2.27. The average molecular weight is 469 g/mol. The van der Waals surface area contributed by atoms with Crippen molar-refractivity contribution in [3.63, 3.8) is 0 Å². The summed E-state index contributed by atoms with van der Waals surface area (Å²) in [7, 11) is 0. The summed E-state index contributed by atoms with van der Waals surface area (Å²) in [5.41, 5.74) is 3.84. The van der Waals surface area contributed by atoms with Gasteiger partial charge in [0.15, 0.2) is 0 Å². The molecule has 1 aromatic heterocycles. The Morgan fingerprint density at radius 2 is 1.66 bits per heavy atom. The lowest BCUT2D eigenvalue weighted by atomic mass is 9.93. The number of hydrogen-bond acceptors (Lipinski definition) is 5. The fourth-order valence-corrected chi connectivity index (χ4v) is 4.97. The number of rotatable bonds is 7. The molecule has 0 aliphatic carbocycles. The molecular weight excluding hydrogens is 451 g/mol. The zero-order valence-electron chi connectivity index (χ0n) is 15.2. The third kappa shape index (κ3) is 4.86. The molecular formula is C19H18Cl2N4O2S2. The van der Waals surface area contributed by atoms with Gasteiger partial charge in [-0.2, -0.15) is 4.31 Å². The van der Waals surface area contributed by atoms with Gasteiger partial charge in [-0.1, -0.05) is 47.5 Å². The van der Waals surface area contributed by atoms with Crippen LogP contribution in [0.1, 0.15) is 22.2 Å². The van der Waals surface area contributed by atoms with Crippen molar-refractivity contribution < 1.29 is 8.76 Å². The molecule has 2 aromatic carbocycles. The van der Waals surface area contributed by atoms with E-state index < -0.39 is 11.3 Å². The molecule has 10 heteroatoms. The van der Waals surface area contributed by atoms with Crippen LogP contribution in [0.5, 0.6) is 0 Å². The molecule has 0 radical (unpaired) electrons. The van der Waals surface area contributed by atoms with E-state index in [1.54, 1.807) is 9.82 Å². The molecule has 1 atom stereocenters. The Kier molecular flexibility index (Phi) is 6.60. The number of aromatic nitrogens is 2. The number of halogens is 2. The van der Waals surface area contributed by atoms with E-state index in [0.717, 1.165) is 16.1 Å². The van der Waals surface area contributed by atoms with Gasteiger partial charge in [0.05, 0.1) is 18.6 Å². The maximum absolute atomic E-state index is 11.9. The van der Waals surface area contributed by atoms with Crippen molar-refractivity contribution in [3.05, 3.63) is 80.2 Å². The van der Waals surface area contributed by atoms with Gasteiger partial charge in [0.2, 0.25) is 11.3 Å². The minimum Gasteiger partial charge on any atom is -0.294 e. The quantitative estimate of drug-likeness (QED) is 0.524. The Labute approximate surface area is 185 Å². The first-order chi connectivity index (χ1) is 14.0. The summed E-state index contributed by atoms with van der Waals surface area (Å²) < 4.78 is 23.2. The van der Waals surface area contributed by atoms with E-state index in [2.05, 4.69) is 15.1 Å². The van der Waals surface area contributed by atoms with E-state index >= 15 is 0 Å². The topological polar surface area (TPSA) is 69.6 Å². The van der Waals surface area contributed by atoms with Gasteiger partial charge in [-0.25, -0.2) is 4.21 Å². The molecule has 1 unspecified atom stereocenters. The highest BCUT2D eigenvalue weighted by atomic mass is 35.5. The molecule has 1 aliphatic rings. The zero-order chi connectivity index (χ0) is 20.4. The van der Waals surface area contributed by atoms with Gasteiger partial charge in [-0.15, -0.1) is 21.5 Å². The van der Waals surface area contributed by atoms with E-state index in [-0.39, 0.29) is 12.1 Å². The number of likely N-dealkylation sites (tertiary alicyclic amines) is 1. The largest absolute Gasteiger partial charge is 0.294 e. The van der Waals surface area contributed by atoms with Gasteiger partial charge >= 0.3 is 0 Å². The van der Waals surface area contributed by atoms with Gasteiger partial charge in [0.1, 0.15) is 10.5 Å². The molecule has 0 amide bonds. The number of nitrogens with zero attached hydrogens (tertiary/aromatic N) is 4. The second kappa shape index (κ2) is 9.18. The molecule has 1 saturated heterocycles. The molecule has 0 saturated carbocycles. The van der Waals surface area contributed by atoms with Crippen LogP contribution >= 0.6 is 34.5 Å². The highest BCUT2D eigenvalue weighted by Crippen LogP contribution is 2.35. The summed E-state index contributed by atoms with van der Waals surface area (Å²) in [5, 5.41) is 9.88. The summed E-state index contributed by atoms with van der Waals surface area (Å²) in [6.07, 6.45) is 0. The van der Waals surface area contributed by atoms with Crippen LogP contribution < -0.4 is 0 Å².